The molecule has 1 amide bonds. The summed E-state index contributed by atoms with van der Waals surface area (Å²) in [7, 11) is 0. The lowest BCUT2D eigenvalue weighted by Crippen LogP contribution is -2.33. The maximum absolute atomic E-state index is 13.5. The van der Waals surface area contributed by atoms with Gasteiger partial charge in [-0.3, -0.25) is 4.79 Å². The molecule has 1 aromatic carbocycles. The van der Waals surface area contributed by atoms with E-state index in [1.165, 1.54) is 6.07 Å². The second-order valence-electron chi connectivity index (χ2n) is 5.66. The van der Waals surface area contributed by atoms with Crippen LogP contribution in [0.2, 0.25) is 0 Å². The minimum Gasteiger partial charge on any atom is -0.351 e. The Morgan fingerprint density at radius 3 is 2.58 bits per heavy atom. The Kier molecular flexibility index (Phi) is 8.10. The number of carbonyl (C=O) groups excluding carboxylic acids is 1. The van der Waals surface area contributed by atoms with Crippen molar-refractivity contribution in [1.29, 1.82) is 0 Å². The Bertz CT molecular complexity index is 731. The van der Waals surface area contributed by atoms with Crippen LogP contribution in [0.1, 0.15) is 35.0 Å². The quantitative estimate of drug-likeness (QED) is 0.713. The van der Waals surface area contributed by atoms with Gasteiger partial charge < -0.3 is 10.6 Å². The van der Waals surface area contributed by atoms with Crippen LogP contribution >= 0.6 is 12.4 Å². The van der Waals surface area contributed by atoms with Crippen molar-refractivity contribution in [2.45, 2.75) is 26.4 Å². The normalized spacial score (nSPS) is 11.1. The monoisotopic (exact) mass is 390 g/mol. The summed E-state index contributed by atoms with van der Waals surface area (Å²) in [5.74, 6) is -0.787. The Morgan fingerprint density at radius 1 is 1.23 bits per heavy atom. The Hall–Kier alpha value is -2.06. The molecule has 1 heterocycles. The summed E-state index contributed by atoms with van der Waals surface area (Å²) in [6.45, 7) is 5.30. The second kappa shape index (κ2) is 9.59. The van der Waals surface area contributed by atoms with E-state index >= 15 is 0 Å². The van der Waals surface area contributed by atoms with Gasteiger partial charge in [0.15, 0.2) is 5.69 Å². The molecule has 0 aliphatic carbocycles. The standard InChI is InChI=1S/C17H21F3N4O.ClH/c1-3-7-21-8-9-22-16(25)14-11-23-24(15(14)17(18,19)20)13-6-4-5-12(2)10-13;/h4-6,10-11,21H,3,7-9H2,1-2H3,(H,22,25);1H. The van der Waals surface area contributed by atoms with Gasteiger partial charge in [0.1, 0.15) is 0 Å². The molecular weight excluding hydrogens is 369 g/mol. The van der Waals surface area contributed by atoms with Crippen LogP contribution in [-0.2, 0) is 6.18 Å². The van der Waals surface area contributed by atoms with E-state index in [1.54, 1.807) is 25.1 Å². The minimum atomic E-state index is -4.70. The molecule has 0 aliphatic rings. The van der Waals surface area contributed by atoms with Crippen molar-refractivity contribution in [2.75, 3.05) is 19.6 Å². The topological polar surface area (TPSA) is 58.9 Å². The molecule has 0 spiro atoms. The van der Waals surface area contributed by atoms with Crippen LogP contribution < -0.4 is 10.6 Å². The number of amides is 1. The van der Waals surface area contributed by atoms with Gasteiger partial charge in [0.25, 0.3) is 5.91 Å². The van der Waals surface area contributed by atoms with E-state index in [9.17, 15) is 18.0 Å². The number of aromatic nitrogens is 2. The van der Waals surface area contributed by atoms with Crippen molar-refractivity contribution >= 4 is 18.3 Å². The van der Waals surface area contributed by atoms with Crippen LogP contribution in [0.3, 0.4) is 0 Å². The third kappa shape index (κ3) is 5.47. The van der Waals surface area contributed by atoms with Crippen LogP contribution in [0.15, 0.2) is 30.5 Å². The number of benzene rings is 1. The number of halogens is 4. The second-order valence-corrected chi connectivity index (χ2v) is 5.66. The molecule has 0 aliphatic heterocycles. The van der Waals surface area contributed by atoms with Gasteiger partial charge in [-0.2, -0.15) is 18.3 Å². The molecule has 5 nitrogen and oxygen atoms in total. The van der Waals surface area contributed by atoms with Crippen LogP contribution in [0.4, 0.5) is 13.2 Å². The molecule has 0 atom stereocenters. The first-order valence-corrected chi connectivity index (χ1v) is 8.05. The molecule has 0 fully saturated rings. The molecule has 0 saturated heterocycles. The summed E-state index contributed by atoms with van der Waals surface area (Å²) in [5, 5.41) is 9.35. The van der Waals surface area contributed by atoms with Crippen LogP contribution in [0.25, 0.3) is 5.69 Å². The van der Waals surface area contributed by atoms with Gasteiger partial charge in [0.2, 0.25) is 0 Å². The van der Waals surface area contributed by atoms with Crippen molar-refractivity contribution in [3.8, 4) is 5.69 Å². The van der Waals surface area contributed by atoms with Gasteiger partial charge in [-0.05, 0) is 37.6 Å². The van der Waals surface area contributed by atoms with Gasteiger partial charge in [-0.25, -0.2) is 4.68 Å². The van der Waals surface area contributed by atoms with E-state index in [1.807, 2.05) is 6.92 Å². The molecule has 0 unspecified atom stereocenters. The first-order valence-electron chi connectivity index (χ1n) is 8.05. The van der Waals surface area contributed by atoms with Crippen molar-refractivity contribution in [2.24, 2.45) is 0 Å². The maximum Gasteiger partial charge on any atom is 0.434 e. The summed E-state index contributed by atoms with van der Waals surface area (Å²) in [4.78, 5) is 12.2. The van der Waals surface area contributed by atoms with E-state index in [4.69, 9.17) is 0 Å². The van der Waals surface area contributed by atoms with E-state index in [-0.39, 0.29) is 24.6 Å². The average molecular weight is 391 g/mol. The summed E-state index contributed by atoms with van der Waals surface area (Å²) in [5.41, 5.74) is -0.494. The summed E-state index contributed by atoms with van der Waals surface area (Å²) < 4.78 is 41.3. The van der Waals surface area contributed by atoms with Crippen molar-refractivity contribution in [3.05, 3.63) is 47.3 Å². The molecular formula is C17H22ClF3N4O. The molecule has 2 rings (SSSR count). The average Bonchev–Trinajstić information content (AvgIpc) is 3.00. The Balaban J connectivity index is 0.00000338. The number of alkyl halides is 3. The number of hydrogen-bond donors (Lipinski definition) is 2. The van der Waals surface area contributed by atoms with Gasteiger partial charge in [0, 0.05) is 13.1 Å². The lowest BCUT2D eigenvalue weighted by molar-refractivity contribution is -0.143. The van der Waals surface area contributed by atoms with Crippen molar-refractivity contribution in [3.63, 3.8) is 0 Å². The van der Waals surface area contributed by atoms with Gasteiger partial charge in [-0.1, -0.05) is 19.1 Å². The zero-order valence-corrected chi connectivity index (χ0v) is 15.4. The third-order valence-electron chi connectivity index (χ3n) is 3.54. The summed E-state index contributed by atoms with van der Waals surface area (Å²) in [6.07, 6.45) is -2.80. The fourth-order valence-electron chi connectivity index (χ4n) is 2.40. The SMILES string of the molecule is CCCNCCNC(=O)c1cnn(-c2cccc(C)c2)c1C(F)(F)F.Cl. The van der Waals surface area contributed by atoms with Gasteiger partial charge in [0.05, 0.1) is 17.4 Å². The Morgan fingerprint density at radius 2 is 1.96 bits per heavy atom. The van der Waals surface area contributed by atoms with Crippen LogP contribution in [-0.4, -0.2) is 35.3 Å². The number of nitrogens with one attached hydrogen (secondary N) is 2. The lowest BCUT2D eigenvalue weighted by atomic mass is 10.2. The first kappa shape index (κ1) is 22.0. The highest BCUT2D eigenvalue weighted by Crippen LogP contribution is 2.33. The smallest absolute Gasteiger partial charge is 0.351 e. The van der Waals surface area contributed by atoms with Gasteiger partial charge >= 0.3 is 6.18 Å². The van der Waals surface area contributed by atoms with Crippen molar-refractivity contribution in [1.82, 2.24) is 20.4 Å². The molecule has 2 aromatic rings. The number of carbonyl (C=O) groups is 1. The molecule has 1 aromatic heterocycles. The number of nitrogens with zero attached hydrogens (tertiary/aromatic N) is 2. The van der Waals surface area contributed by atoms with Crippen LogP contribution in [0.5, 0.6) is 0 Å². The van der Waals surface area contributed by atoms with Gasteiger partial charge in [-0.15, -0.1) is 12.4 Å². The minimum absolute atomic E-state index is 0. The Labute approximate surface area is 156 Å². The summed E-state index contributed by atoms with van der Waals surface area (Å²) in [6, 6.07) is 6.52. The highest BCUT2D eigenvalue weighted by atomic mass is 35.5. The van der Waals surface area contributed by atoms with E-state index in [0.717, 1.165) is 29.4 Å². The highest BCUT2D eigenvalue weighted by Gasteiger charge is 2.40. The highest BCUT2D eigenvalue weighted by molar-refractivity contribution is 5.95. The molecule has 0 bridgehead atoms. The zero-order chi connectivity index (χ0) is 18.4. The zero-order valence-electron chi connectivity index (χ0n) is 14.6. The number of rotatable bonds is 7. The largest absolute Gasteiger partial charge is 0.434 e. The predicted octanol–water partition coefficient (Wildman–Crippen LogP) is 3.35. The van der Waals surface area contributed by atoms with E-state index < -0.39 is 23.3 Å². The molecule has 9 heteroatoms. The van der Waals surface area contributed by atoms with E-state index in [2.05, 4.69) is 15.7 Å². The maximum atomic E-state index is 13.5. The predicted molar refractivity (Wildman–Crippen MR) is 96.0 cm³/mol. The van der Waals surface area contributed by atoms with Crippen molar-refractivity contribution < 1.29 is 18.0 Å². The summed E-state index contributed by atoms with van der Waals surface area (Å²) >= 11 is 0. The van der Waals surface area contributed by atoms with E-state index in [0.29, 0.717) is 6.54 Å². The fraction of sp³-hybridized carbons (Fsp3) is 0.412. The molecule has 2 N–H and O–H groups in total. The number of hydrogen-bond acceptors (Lipinski definition) is 3. The van der Waals surface area contributed by atoms with Crippen LogP contribution in [0, 0.1) is 6.92 Å². The first-order chi connectivity index (χ1) is 11.8. The number of aryl methyl sites for hydroxylation is 1. The molecule has 26 heavy (non-hydrogen) atoms. The lowest BCUT2D eigenvalue weighted by Gasteiger charge is -2.13. The third-order valence-corrected chi connectivity index (χ3v) is 3.54. The fourth-order valence-corrected chi connectivity index (χ4v) is 2.40. The molecule has 144 valence electrons. The molecule has 0 saturated carbocycles. The molecule has 0 radical (unpaired) electrons.